The van der Waals surface area contributed by atoms with E-state index in [9.17, 15) is 0 Å². The Bertz CT molecular complexity index is 791. The van der Waals surface area contributed by atoms with Crippen molar-refractivity contribution < 1.29 is 4.74 Å². The van der Waals surface area contributed by atoms with Crippen LogP contribution in [0.2, 0.25) is 0 Å². The van der Waals surface area contributed by atoms with Crippen LogP contribution in [-0.2, 0) is 19.6 Å². The van der Waals surface area contributed by atoms with Gasteiger partial charge in [0.2, 0.25) is 0 Å². The van der Waals surface area contributed by atoms with Crippen LogP contribution in [-0.4, -0.2) is 17.0 Å². The summed E-state index contributed by atoms with van der Waals surface area (Å²) in [6, 6.07) is 14.9. The highest BCUT2D eigenvalue weighted by atomic mass is 16.5. The zero-order valence-corrected chi connectivity index (χ0v) is 12.1. The summed E-state index contributed by atoms with van der Waals surface area (Å²) in [7, 11) is 1.72. The van der Waals surface area contributed by atoms with Crippen LogP contribution < -0.4 is 4.74 Å². The number of nitrogens with zero attached hydrogens (tertiary/aromatic N) is 1. The number of aromatic nitrogens is 1. The second-order valence-electron chi connectivity index (χ2n) is 5.64. The molecule has 0 unspecified atom stereocenters. The second-order valence-corrected chi connectivity index (χ2v) is 5.64. The first-order chi connectivity index (χ1) is 10.3. The van der Waals surface area contributed by atoms with E-state index in [0.29, 0.717) is 0 Å². The van der Waals surface area contributed by atoms with Crippen LogP contribution in [0, 0.1) is 0 Å². The van der Waals surface area contributed by atoms with E-state index in [0.717, 1.165) is 25.4 Å². The number of para-hydroxylation sites is 1. The molecular weight excluding hydrogens is 260 g/mol. The van der Waals surface area contributed by atoms with E-state index in [-0.39, 0.29) is 0 Å². The van der Waals surface area contributed by atoms with Gasteiger partial charge >= 0.3 is 0 Å². The molecular formula is C18H18N2O. The number of benzene rings is 2. The van der Waals surface area contributed by atoms with Crippen molar-refractivity contribution >= 4 is 10.9 Å². The van der Waals surface area contributed by atoms with Gasteiger partial charge in [0.1, 0.15) is 5.75 Å². The molecule has 2 heterocycles. The number of fused-ring (bicyclic) bond motifs is 2. The van der Waals surface area contributed by atoms with Gasteiger partial charge in [-0.3, -0.25) is 4.90 Å². The number of nitrogens with one attached hydrogen (secondary N) is 1. The van der Waals surface area contributed by atoms with Gasteiger partial charge < -0.3 is 9.72 Å². The highest BCUT2D eigenvalue weighted by Crippen LogP contribution is 2.29. The molecule has 0 atom stereocenters. The van der Waals surface area contributed by atoms with Gasteiger partial charge in [0, 0.05) is 36.7 Å². The Morgan fingerprint density at radius 2 is 1.95 bits per heavy atom. The van der Waals surface area contributed by atoms with Gasteiger partial charge in [-0.25, -0.2) is 0 Å². The molecule has 3 nitrogen and oxygen atoms in total. The fourth-order valence-corrected chi connectivity index (χ4v) is 3.18. The molecule has 2 aromatic carbocycles. The van der Waals surface area contributed by atoms with E-state index in [1.807, 2.05) is 6.07 Å². The molecule has 106 valence electrons. The fraction of sp³-hybridized carbons (Fsp3) is 0.222. The Hall–Kier alpha value is -2.26. The summed E-state index contributed by atoms with van der Waals surface area (Å²) in [6.07, 6.45) is 2.13. The third-order valence-electron chi connectivity index (χ3n) is 4.27. The summed E-state index contributed by atoms with van der Waals surface area (Å²) in [5.41, 5.74) is 5.38. The van der Waals surface area contributed by atoms with Crippen LogP contribution in [0.5, 0.6) is 5.75 Å². The Morgan fingerprint density at radius 1 is 1.10 bits per heavy atom. The van der Waals surface area contributed by atoms with Crippen LogP contribution >= 0.6 is 0 Å². The minimum atomic E-state index is 0.947. The van der Waals surface area contributed by atoms with Gasteiger partial charge in [0.05, 0.1) is 7.11 Å². The maximum absolute atomic E-state index is 5.31. The average molecular weight is 278 g/mol. The van der Waals surface area contributed by atoms with Crippen molar-refractivity contribution in [2.24, 2.45) is 0 Å². The van der Waals surface area contributed by atoms with Gasteiger partial charge in [0.15, 0.2) is 0 Å². The zero-order valence-electron chi connectivity index (χ0n) is 12.1. The molecule has 3 aromatic rings. The van der Waals surface area contributed by atoms with Crippen molar-refractivity contribution in [1.82, 2.24) is 9.88 Å². The van der Waals surface area contributed by atoms with Gasteiger partial charge in [-0.15, -0.1) is 0 Å². The Balaban J connectivity index is 1.57. The van der Waals surface area contributed by atoms with Gasteiger partial charge in [-0.05, 0) is 34.9 Å². The maximum atomic E-state index is 5.31. The van der Waals surface area contributed by atoms with Crippen LogP contribution in [0.1, 0.15) is 16.7 Å². The number of H-pyrrole nitrogens is 1. The molecule has 4 rings (SSSR count). The van der Waals surface area contributed by atoms with Crippen molar-refractivity contribution in [3.8, 4) is 5.75 Å². The molecule has 1 aromatic heterocycles. The van der Waals surface area contributed by atoms with Crippen LogP contribution in [0.15, 0.2) is 48.7 Å². The van der Waals surface area contributed by atoms with E-state index < -0.39 is 0 Å². The quantitative estimate of drug-likeness (QED) is 0.791. The number of hydrogen-bond donors (Lipinski definition) is 1. The Kier molecular flexibility index (Phi) is 2.93. The average Bonchev–Trinajstić information content (AvgIpc) is 3.10. The summed E-state index contributed by atoms with van der Waals surface area (Å²) in [6.45, 7) is 2.98. The lowest BCUT2D eigenvalue weighted by Gasteiger charge is -2.13. The second kappa shape index (κ2) is 4.93. The van der Waals surface area contributed by atoms with Gasteiger partial charge in [-0.2, -0.15) is 0 Å². The third kappa shape index (κ3) is 2.20. The molecule has 0 amide bonds. The highest BCUT2D eigenvalue weighted by molar-refractivity contribution is 5.82. The van der Waals surface area contributed by atoms with Crippen LogP contribution in [0.4, 0.5) is 0 Å². The summed E-state index contributed by atoms with van der Waals surface area (Å²) in [5, 5.41) is 1.33. The third-order valence-corrected chi connectivity index (χ3v) is 4.27. The summed E-state index contributed by atoms with van der Waals surface area (Å²) < 4.78 is 5.31. The van der Waals surface area contributed by atoms with Gasteiger partial charge in [-0.1, -0.05) is 24.3 Å². The molecule has 0 aliphatic carbocycles. The minimum Gasteiger partial charge on any atom is -0.497 e. The van der Waals surface area contributed by atoms with Crippen molar-refractivity contribution in [2.45, 2.75) is 19.6 Å². The van der Waals surface area contributed by atoms with Crippen molar-refractivity contribution in [1.29, 1.82) is 0 Å². The largest absolute Gasteiger partial charge is 0.497 e. The molecule has 0 bridgehead atoms. The molecule has 0 spiro atoms. The van der Waals surface area contributed by atoms with Crippen LogP contribution in [0.3, 0.4) is 0 Å². The summed E-state index contributed by atoms with van der Waals surface area (Å²) in [5.74, 6) is 0.947. The molecule has 1 N–H and O–H groups in total. The van der Waals surface area contributed by atoms with E-state index >= 15 is 0 Å². The lowest BCUT2D eigenvalue weighted by Crippen LogP contribution is -2.15. The lowest BCUT2D eigenvalue weighted by atomic mass is 10.1. The molecule has 0 saturated heterocycles. The maximum Gasteiger partial charge on any atom is 0.119 e. The smallest absolute Gasteiger partial charge is 0.119 e. The van der Waals surface area contributed by atoms with E-state index in [2.05, 4.69) is 52.5 Å². The summed E-state index contributed by atoms with van der Waals surface area (Å²) >= 11 is 0. The van der Waals surface area contributed by atoms with E-state index in [1.165, 1.54) is 27.6 Å². The molecule has 21 heavy (non-hydrogen) atoms. The predicted molar refractivity (Wildman–Crippen MR) is 84.2 cm³/mol. The summed E-state index contributed by atoms with van der Waals surface area (Å²) in [4.78, 5) is 5.83. The Morgan fingerprint density at radius 3 is 2.86 bits per heavy atom. The molecule has 0 radical (unpaired) electrons. The number of methoxy groups -OCH3 is 1. The molecule has 1 aliphatic rings. The highest BCUT2D eigenvalue weighted by Gasteiger charge is 2.20. The van der Waals surface area contributed by atoms with E-state index in [1.54, 1.807) is 7.11 Å². The van der Waals surface area contributed by atoms with Crippen molar-refractivity contribution in [3.05, 3.63) is 65.4 Å². The first-order valence-corrected chi connectivity index (χ1v) is 7.26. The monoisotopic (exact) mass is 278 g/mol. The minimum absolute atomic E-state index is 0.947. The lowest BCUT2D eigenvalue weighted by molar-refractivity contribution is 0.276. The SMILES string of the molecule is COc1ccc2c(c1)CN(Cc1c[nH]c3ccccc13)C2. The number of rotatable bonds is 3. The first-order valence-electron chi connectivity index (χ1n) is 7.26. The molecule has 3 heteroatoms. The Labute approximate surface area is 124 Å². The normalized spacial score (nSPS) is 14.5. The number of hydrogen-bond acceptors (Lipinski definition) is 2. The van der Waals surface area contributed by atoms with Gasteiger partial charge in [0.25, 0.3) is 0 Å². The zero-order chi connectivity index (χ0) is 14.2. The van der Waals surface area contributed by atoms with Crippen LogP contribution in [0.25, 0.3) is 10.9 Å². The topological polar surface area (TPSA) is 28.3 Å². The van der Waals surface area contributed by atoms with Crippen molar-refractivity contribution in [3.63, 3.8) is 0 Å². The standard InChI is InChI=1S/C18H18N2O/c1-21-16-7-6-13-10-20(11-14(13)8-16)12-15-9-19-18-5-3-2-4-17(15)18/h2-9,19H,10-12H2,1H3. The first kappa shape index (κ1) is 12.5. The van der Waals surface area contributed by atoms with E-state index in [4.69, 9.17) is 4.74 Å². The molecule has 1 aliphatic heterocycles. The van der Waals surface area contributed by atoms with Crippen molar-refractivity contribution in [2.75, 3.05) is 7.11 Å². The molecule has 0 saturated carbocycles. The number of ether oxygens (including phenoxy) is 1. The number of aromatic amines is 1. The molecule has 0 fully saturated rings. The fourth-order valence-electron chi connectivity index (χ4n) is 3.18. The predicted octanol–water partition coefficient (Wildman–Crippen LogP) is 3.69.